The van der Waals surface area contributed by atoms with Crippen LogP contribution in [0.2, 0.25) is 0 Å². The molecule has 1 heteroatoms. The first-order chi connectivity index (χ1) is 8.24. The molecule has 0 aliphatic carbocycles. The van der Waals surface area contributed by atoms with Crippen LogP contribution in [-0.4, -0.2) is 24.6 Å². The van der Waals surface area contributed by atoms with E-state index in [2.05, 4.69) is 27.7 Å². The molecule has 17 heavy (non-hydrogen) atoms. The molecule has 0 amide bonds. The molecule has 0 fully saturated rings. The van der Waals surface area contributed by atoms with Gasteiger partial charge < -0.3 is 0 Å². The summed E-state index contributed by atoms with van der Waals surface area (Å²) >= 11 is 0. The van der Waals surface area contributed by atoms with E-state index in [0.717, 1.165) is 0 Å². The third-order valence-electron chi connectivity index (χ3n) is 4.81. The quantitative estimate of drug-likeness (QED) is 0.301. The van der Waals surface area contributed by atoms with Crippen molar-refractivity contribution in [3.63, 3.8) is 0 Å². The van der Waals surface area contributed by atoms with Crippen LogP contribution in [0.3, 0.4) is 0 Å². The molecule has 0 bridgehead atoms. The van der Waals surface area contributed by atoms with Crippen LogP contribution in [-0.2, 0) is 0 Å². The minimum atomic E-state index is -0.799. The van der Waals surface area contributed by atoms with Crippen LogP contribution in [0.5, 0.6) is 0 Å². The van der Waals surface area contributed by atoms with Crippen molar-refractivity contribution in [2.24, 2.45) is 0 Å². The molecule has 0 heterocycles. The molecule has 0 aliphatic heterocycles. The first kappa shape index (κ1) is 17.4. The molecule has 106 valence electrons. The number of unbranched alkanes of at least 4 members (excludes halogenated alkanes) is 7. The molecule has 0 aromatic rings. The summed E-state index contributed by atoms with van der Waals surface area (Å²) in [5.41, 5.74) is 0. The van der Waals surface area contributed by atoms with Crippen molar-refractivity contribution in [2.45, 2.75) is 79.1 Å². The molecule has 0 aliphatic rings. The Morgan fingerprint density at radius 2 is 0.941 bits per heavy atom. The summed E-state index contributed by atoms with van der Waals surface area (Å²) in [7, 11) is -0.799. The second-order valence-electron chi connectivity index (χ2n) is 5.79. The van der Waals surface area contributed by atoms with Crippen LogP contribution in [0.15, 0.2) is 0 Å². The molecule has 0 spiro atoms. The van der Waals surface area contributed by atoms with Crippen molar-refractivity contribution in [1.29, 1.82) is 0 Å². The predicted molar refractivity (Wildman–Crippen MR) is 87.4 cm³/mol. The van der Waals surface area contributed by atoms with E-state index in [0.29, 0.717) is 0 Å². The zero-order valence-electron chi connectivity index (χ0n) is 13.0. The van der Waals surface area contributed by atoms with Gasteiger partial charge in [-0.3, -0.25) is 0 Å². The van der Waals surface area contributed by atoms with Crippen LogP contribution >= 0.6 is 7.26 Å². The third-order valence-corrected chi connectivity index (χ3v) is 10.7. The summed E-state index contributed by atoms with van der Waals surface area (Å²) in [6.45, 7) is 9.60. The Labute approximate surface area is 111 Å². The van der Waals surface area contributed by atoms with Gasteiger partial charge in [-0.1, -0.05) is 0 Å². The van der Waals surface area contributed by atoms with Gasteiger partial charge in [0.25, 0.3) is 0 Å². The van der Waals surface area contributed by atoms with Gasteiger partial charge in [0.05, 0.1) is 0 Å². The fourth-order valence-corrected chi connectivity index (χ4v) is 6.47. The summed E-state index contributed by atoms with van der Waals surface area (Å²) in [6, 6.07) is 0. The van der Waals surface area contributed by atoms with Crippen LogP contribution in [0.4, 0.5) is 0 Å². The first-order valence-corrected chi connectivity index (χ1v) is 11.1. The molecule has 0 N–H and O–H groups in total. The standard InChI is InChI=1S/C16H37P/c1-5-9-10-11-12-13-14-15-16-17(6-2,7-3)8-4/h17H,5-16H2,1-4H3. The van der Waals surface area contributed by atoms with Gasteiger partial charge in [-0.15, -0.1) is 0 Å². The number of rotatable bonds is 12. The maximum atomic E-state index is 2.43. The van der Waals surface area contributed by atoms with Gasteiger partial charge in [-0.25, -0.2) is 0 Å². The Morgan fingerprint density at radius 1 is 0.529 bits per heavy atom. The van der Waals surface area contributed by atoms with Crippen LogP contribution < -0.4 is 0 Å². The molecule has 0 rings (SSSR count). The molecular formula is C16H37P. The van der Waals surface area contributed by atoms with Gasteiger partial charge in [-0.05, 0) is 0 Å². The molecule has 0 saturated heterocycles. The monoisotopic (exact) mass is 260 g/mol. The second-order valence-corrected chi connectivity index (χ2v) is 11.4. The number of hydrogen-bond donors (Lipinski definition) is 0. The molecule has 0 unspecified atom stereocenters. The third kappa shape index (κ3) is 8.20. The summed E-state index contributed by atoms with van der Waals surface area (Å²) in [5, 5.41) is 0. The van der Waals surface area contributed by atoms with Gasteiger partial charge in [-0.2, -0.15) is 0 Å². The van der Waals surface area contributed by atoms with Gasteiger partial charge >= 0.3 is 111 Å². The van der Waals surface area contributed by atoms with Crippen molar-refractivity contribution >= 4 is 7.26 Å². The zero-order valence-corrected chi connectivity index (χ0v) is 14.0. The molecule has 0 radical (unpaired) electrons. The van der Waals surface area contributed by atoms with E-state index >= 15 is 0 Å². The van der Waals surface area contributed by atoms with Gasteiger partial charge in [0.1, 0.15) is 0 Å². The first-order valence-electron chi connectivity index (χ1n) is 8.24. The van der Waals surface area contributed by atoms with E-state index in [1.165, 1.54) is 69.9 Å². The molecule has 0 aromatic carbocycles. The van der Waals surface area contributed by atoms with Crippen molar-refractivity contribution in [3.8, 4) is 0 Å². The normalized spacial score (nSPS) is 12.9. The second kappa shape index (κ2) is 11.5. The van der Waals surface area contributed by atoms with Crippen molar-refractivity contribution < 1.29 is 0 Å². The molecule has 0 atom stereocenters. The van der Waals surface area contributed by atoms with E-state index in [9.17, 15) is 0 Å². The topological polar surface area (TPSA) is 0 Å². The van der Waals surface area contributed by atoms with Gasteiger partial charge in [0.15, 0.2) is 0 Å². The SMILES string of the molecule is CCCCCCCCCC[PH](CC)(CC)CC. The Morgan fingerprint density at radius 3 is 1.35 bits per heavy atom. The fraction of sp³-hybridized carbons (Fsp3) is 1.00. The van der Waals surface area contributed by atoms with Gasteiger partial charge in [0, 0.05) is 0 Å². The maximum absolute atomic E-state index is 2.43. The minimum absolute atomic E-state index is 0.799. The predicted octanol–water partition coefficient (Wildman–Crippen LogP) is 5.94. The average molecular weight is 260 g/mol. The molecular weight excluding hydrogens is 223 g/mol. The molecule has 0 saturated carbocycles. The molecule has 0 nitrogen and oxygen atoms in total. The zero-order chi connectivity index (χ0) is 13.0. The van der Waals surface area contributed by atoms with Crippen molar-refractivity contribution in [1.82, 2.24) is 0 Å². The summed E-state index contributed by atoms with van der Waals surface area (Å²) < 4.78 is 0. The van der Waals surface area contributed by atoms with Crippen LogP contribution in [0.25, 0.3) is 0 Å². The van der Waals surface area contributed by atoms with E-state index in [1.54, 1.807) is 6.16 Å². The van der Waals surface area contributed by atoms with E-state index in [-0.39, 0.29) is 0 Å². The molecule has 0 aromatic heterocycles. The number of hydrogen-bond acceptors (Lipinski definition) is 0. The summed E-state index contributed by atoms with van der Waals surface area (Å²) in [5.74, 6) is 0. The Bertz CT molecular complexity index is 141. The van der Waals surface area contributed by atoms with E-state index in [4.69, 9.17) is 0 Å². The fourth-order valence-electron chi connectivity index (χ4n) is 2.91. The Balaban J connectivity index is 3.43. The van der Waals surface area contributed by atoms with E-state index in [1.807, 2.05) is 0 Å². The van der Waals surface area contributed by atoms with Crippen molar-refractivity contribution in [2.75, 3.05) is 24.6 Å². The van der Waals surface area contributed by atoms with Crippen molar-refractivity contribution in [3.05, 3.63) is 0 Å². The Kier molecular flexibility index (Phi) is 11.8. The van der Waals surface area contributed by atoms with Crippen LogP contribution in [0, 0.1) is 0 Å². The average Bonchev–Trinajstić information content (AvgIpc) is 2.38. The van der Waals surface area contributed by atoms with E-state index < -0.39 is 7.26 Å². The summed E-state index contributed by atoms with van der Waals surface area (Å²) in [6.07, 6.45) is 17.9. The van der Waals surface area contributed by atoms with Crippen LogP contribution in [0.1, 0.15) is 79.1 Å². The van der Waals surface area contributed by atoms with Gasteiger partial charge in [0.2, 0.25) is 0 Å². The Hall–Kier alpha value is 0.430. The summed E-state index contributed by atoms with van der Waals surface area (Å²) in [4.78, 5) is 0.